The zero-order valence-electron chi connectivity index (χ0n) is 9.19. The second-order valence-corrected chi connectivity index (χ2v) is 10.3. The molecule has 0 aliphatic carbocycles. The third-order valence-corrected chi connectivity index (χ3v) is 3.80. The lowest BCUT2D eigenvalue weighted by molar-refractivity contribution is 0.801. The van der Waals surface area contributed by atoms with Gasteiger partial charge >= 0.3 is 0 Å². The molecule has 12 heavy (non-hydrogen) atoms. The molecule has 72 valence electrons. The molecule has 0 heterocycles. The molecule has 0 aliphatic rings. The highest BCUT2D eigenvalue weighted by atomic mass is 28.3. The summed E-state index contributed by atoms with van der Waals surface area (Å²) in [7, 11) is -0.750. The number of hydrogen-bond acceptors (Lipinski definition) is 0. The van der Waals surface area contributed by atoms with E-state index in [4.69, 9.17) is 0 Å². The van der Waals surface area contributed by atoms with Crippen molar-refractivity contribution in [2.75, 3.05) is 0 Å². The Morgan fingerprint density at radius 3 is 2.17 bits per heavy atom. The molecule has 0 saturated heterocycles. The van der Waals surface area contributed by atoms with Gasteiger partial charge in [0, 0.05) is 8.07 Å². The number of hydrogen-bond donors (Lipinski definition) is 0. The second kappa shape index (κ2) is 6.47. The lowest BCUT2D eigenvalue weighted by atomic mass is 10.2. The fourth-order valence-electron chi connectivity index (χ4n) is 1.20. The molecule has 0 radical (unpaired) electrons. The first-order valence-electron chi connectivity index (χ1n) is 5.21. The Balaban J connectivity index is 3.17. The van der Waals surface area contributed by atoms with E-state index in [0.717, 1.165) is 0 Å². The average Bonchev–Trinajstić information content (AvgIpc) is 1.94. The van der Waals surface area contributed by atoms with Gasteiger partial charge in [0.2, 0.25) is 0 Å². The summed E-state index contributed by atoms with van der Waals surface area (Å²) in [4.78, 5) is 0. The molecule has 0 rings (SSSR count). The summed E-state index contributed by atoms with van der Waals surface area (Å²) in [6.07, 6.45) is 9.90. The van der Waals surface area contributed by atoms with Gasteiger partial charge in [-0.3, -0.25) is 0 Å². The predicted molar refractivity (Wildman–Crippen MR) is 61.4 cm³/mol. The highest BCUT2D eigenvalue weighted by molar-refractivity contribution is 6.76. The second-order valence-electron chi connectivity index (χ2n) is 4.69. The van der Waals surface area contributed by atoms with Crippen LogP contribution in [0.25, 0.3) is 0 Å². The van der Waals surface area contributed by atoms with Crippen molar-refractivity contribution in [2.24, 2.45) is 0 Å². The van der Waals surface area contributed by atoms with Crippen LogP contribution >= 0.6 is 0 Å². The predicted octanol–water partition coefficient (Wildman–Crippen LogP) is 4.46. The molecule has 0 bridgehead atoms. The molecule has 0 nitrogen and oxygen atoms in total. The van der Waals surface area contributed by atoms with Gasteiger partial charge in [-0.2, -0.15) is 0 Å². The van der Waals surface area contributed by atoms with Crippen molar-refractivity contribution < 1.29 is 0 Å². The van der Waals surface area contributed by atoms with Gasteiger partial charge in [-0.25, -0.2) is 0 Å². The minimum absolute atomic E-state index is 0.750. The molecule has 0 unspecified atom stereocenters. The highest BCUT2D eigenvalue weighted by Gasteiger charge is 2.10. The van der Waals surface area contributed by atoms with E-state index in [1.807, 2.05) is 0 Å². The highest BCUT2D eigenvalue weighted by Crippen LogP contribution is 2.13. The molecule has 0 fully saturated rings. The van der Waals surface area contributed by atoms with Crippen LogP contribution in [0.2, 0.25) is 25.7 Å². The molecule has 1 heteroatoms. The van der Waals surface area contributed by atoms with Crippen LogP contribution in [0.4, 0.5) is 0 Å². The Hall–Kier alpha value is -0.0431. The molecule has 0 saturated carbocycles. The summed E-state index contributed by atoms with van der Waals surface area (Å²) in [5, 5.41) is 0. The molecule has 0 aromatic rings. The average molecular weight is 184 g/mol. The number of unbranched alkanes of at least 4 members (excludes halogenated alkanes) is 2. The minimum Gasteiger partial charge on any atom is -0.0888 e. The Morgan fingerprint density at radius 2 is 1.67 bits per heavy atom. The van der Waals surface area contributed by atoms with Crippen molar-refractivity contribution >= 4 is 8.07 Å². The Bertz CT molecular complexity index is 119. The van der Waals surface area contributed by atoms with E-state index in [0.29, 0.717) is 0 Å². The summed E-state index contributed by atoms with van der Waals surface area (Å²) < 4.78 is 0. The standard InChI is InChI=1S/C11H24Si/c1-5-6-7-8-9-10-11-12(2,3)4/h6-7H,5,8-11H2,1-4H3/b7-6-. The van der Waals surface area contributed by atoms with Crippen molar-refractivity contribution in [1.29, 1.82) is 0 Å². The molecule has 0 spiro atoms. The first kappa shape index (κ1) is 12.0. The SMILES string of the molecule is CC/C=C\CCCC[Si](C)(C)C. The van der Waals surface area contributed by atoms with Crippen molar-refractivity contribution in [3.05, 3.63) is 12.2 Å². The smallest absolute Gasteiger partial charge is 0.0442 e. The van der Waals surface area contributed by atoms with E-state index in [1.165, 1.54) is 31.7 Å². The number of allylic oxidation sites excluding steroid dienone is 2. The molecular formula is C11H24Si. The summed E-state index contributed by atoms with van der Waals surface area (Å²) >= 11 is 0. The molecule has 0 aliphatic heterocycles. The Kier molecular flexibility index (Phi) is 6.45. The van der Waals surface area contributed by atoms with Crippen LogP contribution in [0.5, 0.6) is 0 Å². The maximum absolute atomic E-state index is 2.45. The lowest BCUT2D eigenvalue weighted by Crippen LogP contribution is -2.18. The molecule has 0 aromatic carbocycles. The first-order chi connectivity index (χ1) is 5.56. The van der Waals surface area contributed by atoms with Crippen LogP contribution in [0.15, 0.2) is 12.2 Å². The van der Waals surface area contributed by atoms with Crippen LogP contribution < -0.4 is 0 Å². The molecule has 0 amide bonds. The molecule has 0 atom stereocenters. The third kappa shape index (κ3) is 9.96. The van der Waals surface area contributed by atoms with E-state index < -0.39 is 8.07 Å². The van der Waals surface area contributed by atoms with E-state index in [2.05, 4.69) is 38.7 Å². The maximum Gasteiger partial charge on any atom is 0.0442 e. The van der Waals surface area contributed by atoms with Crippen LogP contribution in [0, 0.1) is 0 Å². The lowest BCUT2D eigenvalue weighted by Gasteiger charge is -2.14. The van der Waals surface area contributed by atoms with Gasteiger partial charge in [0.1, 0.15) is 0 Å². The van der Waals surface area contributed by atoms with Crippen LogP contribution in [0.3, 0.4) is 0 Å². The minimum atomic E-state index is -0.750. The zero-order chi connectivity index (χ0) is 9.45. The largest absolute Gasteiger partial charge is 0.0888 e. The normalized spacial score (nSPS) is 12.7. The van der Waals surface area contributed by atoms with Crippen molar-refractivity contribution in [3.63, 3.8) is 0 Å². The van der Waals surface area contributed by atoms with Crippen molar-refractivity contribution in [3.8, 4) is 0 Å². The van der Waals surface area contributed by atoms with Crippen LogP contribution in [-0.2, 0) is 0 Å². The molecule has 0 aromatic heterocycles. The molecule has 0 N–H and O–H groups in total. The maximum atomic E-state index is 2.45. The van der Waals surface area contributed by atoms with E-state index >= 15 is 0 Å². The monoisotopic (exact) mass is 184 g/mol. The van der Waals surface area contributed by atoms with Crippen LogP contribution in [0.1, 0.15) is 32.6 Å². The Morgan fingerprint density at radius 1 is 1.00 bits per heavy atom. The van der Waals surface area contributed by atoms with Gasteiger partial charge in [-0.15, -0.1) is 0 Å². The van der Waals surface area contributed by atoms with Gasteiger partial charge in [-0.05, 0) is 12.8 Å². The Labute approximate surface area is 79.1 Å². The first-order valence-corrected chi connectivity index (χ1v) is 8.92. The van der Waals surface area contributed by atoms with Crippen molar-refractivity contribution in [2.45, 2.75) is 58.3 Å². The van der Waals surface area contributed by atoms with Gasteiger partial charge in [-0.1, -0.05) is 57.6 Å². The fourth-order valence-corrected chi connectivity index (χ4v) is 2.51. The van der Waals surface area contributed by atoms with Gasteiger partial charge < -0.3 is 0 Å². The van der Waals surface area contributed by atoms with Gasteiger partial charge in [0.05, 0.1) is 0 Å². The topological polar surface area (TPSA) is 0 Å². The summed E-state index contributed by atoms with van der Waals surface area (Å²) in [6, 6.07) is 1.49. The van der Waals surface area contributed by atoms with E-state index in [9.17, 15) is 0 Å². The summed E-state index contributed by atoms with van der Waals surface area (Å²) in [5.41, 5.74) is 0. The van der Waals surface area contributed by atoms with E-state index in [1.54, 1.807) is 0 Å². The molecular weight excluding hydrogens is 160 g/mol. The van der Waals surface area contributed by atoms with Gasteiger partial charge in [0.15, 0.2) is 0 Å². The van der Waals surface area contributed by atoms with Gasteiger partial charge in [0.25, 0.3) is 0 Å². The van der Waals surface area contributed by atoms with E-state index in [-0.39, 0.29) is 0 Å². The van der Waals surface area contributed by atoms with Crippen molar-refractivity contribution in [1.82, 2.24) is 0 Å². The summed E-state index contributed by atoms with van der Waals surface area (Å²) in [6.45, 7) is 9.55. The fraction of sp³-hybridized carbons (Fsp3) is 0.818. The third-order valence-electron chi connectivity index (χ3n) is 1.95. The summed E-state index contributed by atoms with van der Waals surface area (Å²) in [5.74, 6) is 0. The van der Waals surface area contributed by atoms with Crippen LogP contribution in [-0.4, -0.2) is 8.07 Å². The number of rotatable bonds is 6. The zero-order valence-corrected chi connectivity index (χ0v) is 10.2. The quantitative estimate of drug-likeness (QED) is 0.325.